The molecule has 6 nitrogen and oxygen atoms in total. The molecule has 0 amide bonds. The second-order valence-corrected chi connectivity index (χ2v) is 9.52. The molecule has 10 rings (SSSR count). The van der Waals surface area contributed by atoms with Gasteiger partial charge in [0, 0.05) is 30.6 Å². The zero-order valence-electron chi connectivity index (χ0n) is 18.3. The van der Waals surface area contributed by atoms with E-state index in [1.165, 1.54) is 22.2 Å². The van der Waals surface area contributed by atoms with Crippen LogP contribution in [0.4, 0.5) is 0 Å². The quantitative estimate of drug-likeness (QED) is 0.254. The van der Waals surface area contributed by atoms with Gasteiger partial charge in [0.1, 0.15) is 28.1 Å². The minimum absolute atomic E-state index is 0.605. The van der Waals surface area contributed by atoms with Crippen molar-refractivity contribution in [3.8, 4) is 22.8 Å². The van der Waals surface area contributed by atoms with Gasteiger partial charge in [-0.1, -0.05) is 6.07 Å². The van der Waals surface area contributed by atoms with E-state index in [1.54, 1.807) is 12.4 Å². The summed E-state index contributed by atoms with van der Waals surface area (Å²) in [5.41, 5.74) is 9.28. The SMILES string of the molecule is c1cc2c3c(c1)-c1cccc[n+]1C31c3c(ccc4c5nccnc5c5cc6ccc[n+]1c6n5c34)O2. The summed E-state index contributed by atoms with van der Waals surface area (Å²) in [6, 6.07) is 23.7. The minimum atomic E-state index is -0.605. The lowest BCUT2D eigenvalue weighted by atomic mass is 9.84. The first kappa shape index (κ1) is 16.7. The first-order valence-corrected chi connectivity index (χ1v) is 11.8. The second-order valence-electron chi connectivity index (χ2n) is 9.52. The molecule has 3 aliphatic rings. The maximum absolute atomic E-state index is 6.66. The van der Waals surface area contributed by atoms with Crippen molar-refractivity contribution in [1.29, 1.82) is 0 Å². The third kappa shape index (κ3) is 1.54. The van der Waals surface area contributed by atoms with Crippen molar-refractivity contribution in [2.24, 2.45) is 0 Å². The van der Waals surface area contributed by atoms with Crippen LogP contribution in [-0.4, -0.2) is 14.4 Å². The average molecular weight is 449 g/mol. The normalized spacial score (nSPS) is 18.1. The van der Waals surface area contributed by atoms with Crippen molar-refractivity contribution in [3.05, 3.63) is 103 Å². The van der Waals surface area contributed by atoms with Gasteiger partial charge in [-0.15, -0.1) is 4.57 Å². The number of nitrogens with zero attached hydrogens (tertiary/aromatic N) is 5. The fourth-order valence-corrected chi connectivity index (χ4v) is 6.97. The smallest absolute Gasteiger partial charge is 0.374 e. The number of hydrogen-bond donors (Lipinski definition) is 0. The lowest BCUT2D eigenvalue weighted by Gasteiger charge is -2.33. The first-order chi connectivity index (χ1) is 17.4. The molecular weight excluding hydrogens is 434 g/mol. The van der Waals surface area contributed by atoms with E-state index in [0.29, 0.717) is 0 Å². The molecule has 0 radical (unpaired) electrons. The first-order valence-electron chi connectivity index (χ1n) is 11.8. The van der Waals surface area contributed by atoms with Gasteiger partial charge in [0.2, 0.25) is 5.69 Å². The fourth-order valence-electron chi connectivity index (χ4n) is 6.97. The topological polar surface area (TPSA) is 47.2 Å². The highest BCUT2D eigenvalue weighted by atomic mass is 16.5. The molecule has 7 aromatic rings. The largest absolute Gasteiger partial charge is 0.456 e. The standard InChI is InChI=1S/C29H15N5O/c1-2-13-32-19(7-1)17-6-3-8-21-23(17)29(32)24-22(35-21)10-9-18-25-26(31-12-11-30-25)20-15-16-5-4-14-33(29)28(16)34(20)27(18)24/h1-15H/q+2. The van der Waals surface area contributed by atoms with Crippen molar-refractivity contribution in [3.63, 3.8) is 0 Å². The van der Waals surface area contributed by atoms with Gasteiger partial charge in [0.25, 0.3) is 0 Å². The number of hydrogen-bond acceptors (Lipinski definition) is 3. The van der Waals surface area contributed by atoms with Gasteiger partial charge in [-0.3, -0.25) is 4.98 Å². The second kappa shape index (κ2) is 5.13. The van der Waals surface area contributed by atoms with Crippen molar-refractivity contribution >= 4 is 38.5 Å². The Bertz CT molecular complexity index is 2160. The Balaban J connectivity index is 1.61. The van der Waals surface area contributed by atoms with Crippen LogP contribution in [0, 0.1) is 0 Å². The van der Waals surface area contributed by atoms with E-state index >= 15 is 0 Å². The molecule has 3 aliphatic heterocycles. The third-order valence-electron chi connectivity index (χ3n) is 8.08. The zero-order valence-corrected chi connectivity index (χ0v) is 18.3. The van der Waals surface area contributed by atoms with Crippen LogP contribution < -0.4 is 13.9 Å². The molecule has 160 valence electrons. The van der Waals surface area contributed by atoms with Crippen LogP contribution in [-0.2, 0) is 5.66 Å². The maximum Gasteiger partial charge on any atom is 0.374 e. The van der Waals surface area contributed by atoms with Crippen LogP contribution in [0.5, 0.6) is 11.5 Å². The molecule has 1 spiro atoms. The van der Waals surface area contributed by atoms with Crippen LogP contribution in [0.15, 0.2) is 91.5 Å². The van der Waals surface area contributed by atoms with Gasteiger partial charge in [-0.25, -0.2) is 4.98 Å². The van der Waals surface area contributed by atoms with E-state index in [1.807, 2.05) is 0 Å². The predicted molar refractivity (Wildman–Crippen MR) is 129 cm³/mol. The van der Waals surface area contributed by atoms with Crippen molar-refractivity contribution < 1.29 is 13.9 Å². The molecule has 1 atom stereocenters. The van der Waals surface area contributed by atoms with Crippen LogP contribution in [0.1, 0.15) is 11.1 Å². The minimum Gasteiger partial charge on any atom is -0.456 e. The Labute approximate surface area is 197 Å². The molecule has 0 fully saturated rings. The van der Waals surface area contributed by atoms with Gasteiger partial charge < -0.3 is 4.74 Å². The van der Waals surface area contributed by atoms with E-state index in [2.05, 4.69) is 92.7 Å². The summed E-state index contributed by atoms with van der Waals surface area (Å²) in [6.45, 7) is 0. The highest BCUT2D eigenvalue weighted by Crippen LogP contribution is 2.55. The lowest BCUT2D eigenvalue weighted by molar-refractivity contribution is -0.954. The third-order valence-corrected chi connectivity index (χ3v) is 8.08. The number of pyridine rings is 3. The van der Waals surface area contributed by atoms with Crippen LogP contribution in [0.25, 0.3) is 49.7 Å². The number of aromatic nitrogens is 5. The van der Waals surface area contributed by atoms with Crippen molar-refractivity contribution in [1.82, 2.24) is 14.4 Å². The summed E-state index contributed by atoms with van der Waals surface area (Å²) in [4.78, 5) is 9.58. The summed E-state index contributed by atoms with van der Waals surface area (Å²) in [6.07, 6.45) is 7.98. The Kier molecular flexibility index (Phi) is 2.45. The van der Waals surface area contributed by atoms with Crippen molar-refractivity contribution in [2.45, 2.75) is 5.66 Å². The molecule has 0 saturated heterocycles. The number of benzene rings is 2. The summed E-state index contributed by atoms with van der Waals surface area (Å²) >= 11 is 0. The predicted octanol–water partition coefficient (Wildman–Crippen LogP) is 4.46. The van der Waals surface area contributed by atoms with Gasteiger partial charge in [-0.05, 0) is 42.5 Å². The Morgan fingerprint density at radius 2 is 1.66 bits per heavy atom. The van der Waals surface area contributed by atoms with Gasteiger partial charge in [0.15, 0.2) is 22.8 Å². The van der Waals surface area contributed by atoms with Crippen LogP contribution >= 0.6 is 0 Å². The highest BCUT2D eigenvalue weighted by molar-refractivity contribution is 6.13. The average Bonchev–Trinajstić information content (AvgIpc) is 3.45. The van der Waals surface area contributed by atoms with E-state index in [-0.39, 0.29) is 0 Å². The van der Waals surface area contributed by atoms with Crippen LogP contribution in [0.3, 0.4) is 0 Å². The monoisotopic (exact) mass is 449 g/mol. The molecule has 0 N–H and O–H groups in total. The van der Waals surface area contributed by atoms with E-state index in [9.17, 15) is 0 Å². The van der Waals surface area contributed by atoms with Crippen molar-refractivity contribution in [2.75, 3.05) is 0 Å². The molecule has 8 heterocycles. The summed E-state index contributed by atoms with van der Waals surface area (Å²) < 4.78 is 13.9. The van der Waals surface area contributed by atoms with E-state index in [0.717, 1.165) is 50.2 Å². The molecule has 6 heteroatoms. The molecule has 1 unspecified atom stereocenters. The maximum atomic E-state index is 6.66. The molecular formula is C29H15N5O+2. The molecule has 0 bridgehead atoms. The molecule has 0 aliphatic carbocycles. The summed E-state index contributed by atoms with van der Waals surface area (Å²) in [5, 5.41) is 2.26. The van der Waals surface area contributed by atoms with E-state index in [4.69, 9.17) is 14.7 Å². The molecule has 35 heavy (non-hydrogen) atoms. The molecule has 0 saturated carbocycles. The number of fused-ring (bicyclic) bond motifs is 5. The molecule has 2 aromatic carbocycles. The molecule has 5 aromatic heterocycles. The highest BCUT2D eigenvalue weighted by Gasteiger charge is 2.66. The fraction of sp³-hybridized carbons (Fsp3) is 0.0345. The van der Waals surface area contributed by atoms with E-state index < -0.39 is 5.66 Å². The van der Waals surface area contributed by atoms with Gasteiger partial charge in [0.05, 0.1) is 22.5 Å². The Hall–Kier alpha value is -4.84. The number of rotatable bonds is 0. The zero-order chi connectivity index (χ0) is 22.5. The van der Waals surface area contributed by atoms with Gasteiger partial charge >= 0.3 is 11.3 Å². The van der Waals surface area contributed by atoms with Gasteiger partial charge in [-0.2, -0.15) is 8.97 Å². The summed E-state index contributed by atoms with van der Waals surface area (Å²) in [7, 11) is 0. The number of ether oxygens (including phenoxy) is 1. The van der Waals surface area contributed by atoms with Crippen LogP contribution in [0.2, 0.25) is 0 Å². The lowest BCUT2D eigenvalue weighted by Crippen LogP contribution is -2.74. The Morgan fingerprint density at radius 3 is 2.63 bits per heavy atom. The Morgan fingerprint density at radius 1 is 0.771 bits per heavy atom. The summed E-state index contributed by atoms with van der Waals surface area (Å²) in [5.74, 6) is 1.78.